The van der Waals surface area contributed by atoms with Crippen LogP contribution in [0.1, 0.15) is 38.2 Å². The van der Waals surface area contributed by atoms with Crippen LogP contribution in [0.3, 0.4) is 0 Å². The Morgan fingerprint density at radius 3 is 2.79 bits per heavy atom. The van der Waals surface area contributed by atoms with Crippen LogP contribution < -0.4 is 5.32 Å². The molecule has 4 heteroatoms. The van der Waals surface area contributed by atoms with E-state index in [2.05, 4.69) is 5.32 Å². The molecule has 0 saturated heterocycles. The predicted molar refractivity (Wildman–Crippen MR) is 71.1 cm³/mol. The van der Waals surface area contributed by atoms with Crippen molar-refractivity contribution in [3.05, 3.63) is 35.6 Å². The van der Waals surface area contributed by atoms with Gasteiger partial charge in [-0.3, -0.25) is 4.79 Å². The Bertz CT molecular complexity index is 455. The third-order valence-electron chi connectivity index (χ3n) is 3.66. The van der Waals surface area contributed by atoms with E-state index in [1.165, 1.54) is 12.1 Å². The van der Waals surface area contributed by atoms with Crippen LogP contribution in [-0.4, -0.2) is 22.7 Å². The zero-order valence-electron chi connectivity index (χ0n) is 11.2. The number of nitrogens with one attached hydrogen (secondary N) is 1. The molecule has 3 nitrogen and oxygen atoms in total. The van der Waals surface area contributed by atoms with Gasteiger partial charge in [0.05, 0.1) is 0 Å². The van der Waals surface area contributed by atoms with E-state index in [-0.39, 0.29) is 17.8 Å². The van der Waals surface area contributed by atoms with Crippen molar-refractivity contribution in [3.8, 4) is 0 Å². The average molecular weight is 265 g/mol. The van der Waals surface area contributed by atoms with E-state index < -0.39 is 5.60 Å². The third kappa shape index (κ3) is 3.53. The SMILES string of the molecule is CC(Cc1cccc(F)c1)NC(=O)C1(O)CCCC1. The minimum absolute atomic E-state index is 0.126. The van der Waals surface area contributed by atoms with Gasteiger partial charge in [0.1, 0.15) is 11.4 Å². The number of hydrogen-bond acceptors (Lipinski definition) is 2. The summed E-state index contributed by atoms with van der Waals surface area (Å²) in [5.41, 5.74) is -0.359. The lowest BCUT2D eigenvalue weighted by Crippen LogP contribution is -2.48. The molecule has 0 heterocycles. The topological polar surface area (TPSA) is 49.3 Å². The van der Waals surface area contributed by atoms with Crippen molar-refractivity contribution in [2.45, 2.75) is 50.7 Å². The zero-order valence-corrected chi connectivity index (χ0v) is 11.2. The average Bonchev–Trinajstić information content (AvgIpc) is 2.77. The van der Waals surface area contributed by atoms with Crippen LogP contribution >= 0.6 is 0 Å². The molecule has 2 rings (SSSR count). The maximum Gasteiger partial charge on any atom is 0.252 e. The van der Waals surface area contributed by atoms with Crippen LogP contribution in [-0.2, 0) is 11.2 Å². The first kappa shape index (κ1) is 14.0. The van der Waals surface area contributed by atoms with Crippen molar-refractivity contribution in [2.75, 3.05) is 0 Å². The van der Waals surface area contributed by atoms with Crippen molar-refractivity contribution in [2.24, 2.45) is 0 Å². The van der Waals surface area contributed by atoms with Crippen molar-refractivity contribution < 1.29 is 14.3 Å². The van der Waals surface area contributed by atoms with E-state index in [0.29, 0.717) is 19.3 Å². The number of benzene rings is 1. The molecule has 0 spiro atoms. The lowest BCUT2D eigenvalue weighted by Gasteiger charge is -2.24. The molecule has 104 valence electrons. The highest BCUT2D eigenvalue weighted by Gasteiger charge is 2.39. The first-order chi connectivity index (χ1) is 8.99. The summed E-state index contributed by atoms with van der Waals surface area (Å²) in [7, 11) is 0. The summed E-state index contributed by atoms with van der Waals surface area (Å²) in [5.74, 6) is -0.570. The first-order valence-electron chi connectivity index (χ1n) is 6.77. The van der Waals surface area contributed by atoms with Crippen molar-refractivity contribution in [1.29, 1.82) is 0 Å². The van der Waals surface area contributed by atoms with Gasteiger partial charge in [0.2, 0.25) is 0 Å². The van der Waals surface area contributed by atoms with E-state index >= 15 is 0 Å². The second-order valence-electron chi connectivity index (χ2n) is 5.45. The number of amides is 1. The van der Waals surface area contributed by atoms with Crippen LogP contribution in [0.15, 0.2) is 24.3 Å². The Morgan fingerprint density at radius 1 is 1.47 bits per heavy atom. The fourth-order valence-corrected chi connectivity index (χ4v) is 2.61. The normalized spacial score (nSPS) is 19.1. The number of rotatable bonds is 4. The first-order valence-corrected chi connectivity index (χ1v) is 6.77. The molecule has 1 saturated carbocycles. The summed E-state index contributed by atoms with van der Waals surface area (Å²) >= 11 is 0. The maximum absolute atomic E-state index is 13.1. The summed E-state index contributed by atoms with van der Waals surface area (Å²) < 4.78 is 13.1. The Balaban J connectivity index is 1.90. The van der Waals surface area contributed by atoms with Crippen molar-refractivity contribution in [1.82, 2.24) is 5.32 Å². The molecule has 19 heavy (non-hydrogen) atoms. The largest absolute Gasteiger partial charge is 0.380 e. The lowest BCUT2D eigenvalue weighted by molar-refractivity contribution is -0.139. The molecule has 1 aromatic rings. The fourth-order valence-electron chi connectivity index (χ4n) is 2.61. The Hall–Kier alpha value is -1.42. The van der Waals surface area contributed by atoms with Crippen molar-refractivity contribution in [3.63, 3.8) is 0 Å². The molecule has 1 unspecified atom stereocenters. The minimum Gasteiger partial charge on any atom is -0.380 e. The summed E-state index contributed by atoms with van der Waals surface area (Å²) in [6.07, 6.45) is 3.40. The molecule has 0 aromatic heterocycles. The van der Waals surface area contributed by atoms with Gasteiger partial charge < -0.3 is 10.4 Å². The second kappa shape index (κ2) is 5.70. The zero-order chi connectivity index (χ0) is 13.9. The highest BCUT2D eigenvalue weighted by Crippen LogP contribution is 2.29. The number of carbonyl (C=O) groups excluding carboxylic acids is 1. The van der Waals surface area contributed by atoms with Gasteiger partial charge in [0.15, 0.2) is 0 Å². The molecule has 0 radical (unpaired) electrons. The summed E-state index contributed by atoms with van der Waals surface area (Å²) in [4.78, 5) is 12.0. The van der Waals surface area contributed by atoms with Gasteiger partial charge in [0.25, 0.3) is 5.91 Å². The molecule has 0 aliphatic heterocycles. The fraction of sp³-hybridized carbons (Fsp3) is 0.533. The van der Waals surface area contributed by atoms with Crippen LogP contribution in [0.5, 0.6) is 0 Å². The number of halogens is 1. The highest BCUT2D eigenvalue weighted by atomic mass is 19.1. The van der Waals surface area contributed by atoms with Crippen LogP contribution in [0.25, 0.3) is 0 Å². The molecule has 1 aliphatic rings. The predicted octanol–water partition coefficient (Wildman–Crippen LogP) is 2.18. The van der Waals surface area contributed by atoms with Gasteiger partial charge in [0, 0.05) is 6.04 Å². The summed E-state index contributed by atoms with van der Waals surface area (Å²) in [6.45, 7) is 1.86. The molecule has 1 aromatic carbocycles. The van der Waals surface area contributed by atoms with Gasteiger partial charge in [-0.15, -0.1) is 0 Å². The second-order valence-corrected chi connectivity index (χ2v) is 5.45. The van der Waals surface area contributed by atoms with E-state index in [4.69, 9.17) is 0 Å². The number of hydrogen-bond donors (Lipinski definition) is 2. The van der Waals surface area contributed by atoms with E-state index in [1.54, 1.807) is 6.07 Å². The minimum atomic E-state index is -1.20. The monoisotopic (exact) mass is 265 g/mol. The molecule has 0 bridgehead atoms. The molecular formula is C15H20FNO2. The van der Waals surface area contributed by atoms with Gasteiger partial charge in [-0.05, 0) is 56.7 Å². The molecule has 1 aliphatic carbocycles. The number of carbonyl (C=O) groups is 1. The quantitative estimate of drug-likeness (QED) is 0.876. The number of aliphatic hydroxyl groups is 1. The standard InChI is InChI=1S/C15H20FNO2/c1-11(9-12-5-4-6-13(16)10-12)17-14(18)15(19)7-2-3-8-15/h4-6,10-11,19H,2-3,7-9H2,1H3,(H,17,18). The van der Waals surface area contributed by atoms with E-state index in [0.717, 1.165) is 18.4 Å². The smallest absolute Gasteiger partial charge is 0.252 e. The molecule has 2 N–H and O–H groups in total. The van der Waals surface area contributed by atoms with Crippen LogP contribution in [0.2, 0.25) is 0 Å². The summed E-state index contributed by atoms with van der Waals surface area (Å²) in [6, 6.07) is 6.22. The maximum atomic E-state index is 13.1. The lowest BCUT2D eigenvalue weighted by atomic mass is 10.00. The van der Waals surface area contributed by atoms with Crippen molar-refractivity contribution >= 4 is 5.91 Å². The molecule has 1 amide bonds. The highest BCUT2D eigenvalue weighted by molar-refractivity contribution is 5.85. The van der Waals surface area contributed by atoms with Gasteiger partial charge in [-0.2, -0.15) is 0 Å². The third-order valence-corrected chi connectivity index (χ3v) is 3.66. The van der Waals surface area contributed by atoms with Gasteiger partial charge >= 0.3 is 0 Å². The Kier molecular flexibility index (Phi) is 4.20. The van der Waals surface area contributed by atoms with Crippen LogP contribution in [0.4, 0.5) is 4.39 Å². The molecule has 1 fully saturated rings. The van der Waals surface area contributed by atoms with Gasteiger partial charge in [-0.1, -0.05) is 12.1 Å². The molecule has 1 atom stereocenters. The molecular weight excluding hydrogens is 245 g/mol. The van der Waals surface area contributed by atoms with Crippen LogP contribution in [0, 0.1) is 5.82 Å². The van der Waals surface area contributed by atoms with Gasteiger partial charge in [-0.25, -0.2) is 4.39 Å². The van der Waals surface area contributed by atoms with E-state index in [9.17, 15) is 14.3 Å². The van der Waals surface area contributed by atoms with E-state index in [1.807, 2.05) is 13.0 Å². The Labute approximate surface area is 112 Å². The summed E-state index contributed by atoms with van der Waals surface area (Å²) in [5, 5.41) is 13.0. The Morgan fingerprint density at radius 2 is 2.16 bits per heavy atom.